The van der Waals surface area contributed by atoms with Crippen molar-refractivity contribution in [1.29, 1.82) is 0 Å². The molecule has 2 nitrogen and oxygen atoms in total. The lowest BCUT2D eigenvalue weighted by molar-refractivity contribution is 0.0431. The molecule has 2 N–H and O–H groups in total. The Kier molecular flexibility index (Phi) is 4.18. The number of benzene rings is 1. The summed E-state index contributed by atoms with van der Waals surface area (Å²) in [7, 11) is 0. The minimum Gasteiger partial charge on any atom is -0.487 e. The van der Waals surface area contributed by atoms with Crippen LogP contribution in [0.3, 0.4) is 0 Å². The van der Waals surface area contributed by atoms with Crippen LogP contribution < -0.4 is 10.5 Å². The highest BCUT2D eigenvalue weighted by molar-refractivity contribution is 6.30. The monoisotopic (exact) mass is 267 g/mol. The third kappa shape index (κ3) is 2.99. The highest BCUT2D eigenvalue weighted by Crippen LogP contribution is 2.41. The second-order valence-corrected chi connectivity index (χ2v) is 5.94. The van der Waals surface area contributed by atoms with E-state index in [9.17, 15) is 0 Å². The minimum absolute atomic E-state index is 0.0269. The van der Waals surface area contributed by atoms with Crippen LogP contribution >= 0.6 is 11.6 Å². The minimum atomic E-state index is -0.130. The first kappa shape index (κ1) is 13.7. The van der Waals surface area contributed by atoms with E-state index in [1.165, 1.54) is 19.3 Å². The molecule has 18 heavy (non-hydrogen) atoms. The van der Waals surface area contributed by atoms with Gasteiger partial charge in [-0.15, -0.1) is 0 Å². The van der Waals surface area contributed by atoms with E-state index in [1.54, 1.807) is 0 Å². The van der Waals surface area contributed by atoms with E-state index in [-0.39, 0.29) is 11.6 Å². The van der Waals surface area contributed by atoms with E-state index in [0.717, 1.165) is 29.2 Å². The van der Waals surface area contributed by atoms with Crippen LogP contribution in [0.25, 0.3) is 0 Å². The first-order valence-corrected chi connectivity index (χ1v) is 7.16. The second-order valence-electron chi connectivity index (χ2n) is 5.50. The number of ether oxygens (including phenoxy) is 1. The number of rotatable bonds is 4. The Balaban J connectivity index is 2.14. The average Bonchev–Trinajstić information content (AvgIpc) is 2.31. The standard InChI is InChI=1S/C15H22ClNO/c1-3-4-5-8-15(2)10-13(17)12-9-11(16)6-7-14(12)18-15/h6-7,9,13H,3-5,8,10,17H2,1-2H3. The summed E-state index contributed by atoms with van der Waals surface area (Å²) in [5.74, 6) is 0.900. The van der Waals surface area contributed by atoms with Crippen LogP contribution in [-0.2, 0) is 0 Å². The number of unbranched alkanes of at least 4 members (excludes halogenated alkanes) is 2. The molecular formula is C15H22ClNO. The molecule has 0 amide bonds. The summed E-state index contributed by atoms with van der Waals surface area (Å²) in [6, 6.07) is 5.76. The second kappa shape index (κ2) is 5.50. The van der Waals surface area contributed by atoms with Crippen molar-refractivity contribution in [2.75, 3.05) is 0 Å². The fourth-order valence-corrected chi connectivity index (χ4v) is 2.87. The molecular weight excluding hydrogens is 246 g/mol. The number of nitrogens with two attached hydrogens (primary N) is 1. The molecule has 1 aliphatic heterocycles. The summed E-state index contributed by atoms with van der Waals surface area (Å²) in [4.78, 5) is 0. The topological polar surface area (TPSA) is 35.2 Å². The van der Waals surface area contributed by atoms with Crippen molar-refractivity contribution in [2.24, 2.45) is 5.73 Å². The van der Waals surface area contributed by atoms with Gasteiger partial charge in [-0.3, -0.25) is 0 Å². The summed E-state index contributed by atoms with van der Waals surface area (Å²) >= 11 is 6.00. The highest BCUT2D eigenvalue weighted by atomic mass is 35.5. The Morgan fingerprint density at radius 1 is 1.44 bits per heavy atom. The SMILES string of the molecule is CCCCCC1(C)CC(N)c2cc(Cl)ccc2O1. The molecule has 1 heterocycles. The number of halogens is 1. The van der Waals surface area contributed by atoms with Crippen molar-refractivity contribution in [1.82, 2.24) is 0 Å². The zero-order chi connectivity index (χ0) is 13.2. The van der Waals surface area contributed by atoms with Crippen molar-refractivity contribution in [2.45, 2.75) is 57.6 Å². The Bertz CT molecular complexity index is 421. The van der Waals surface area contributed by atoms with Crippen molar-refractivity contribution >= 4 is 11.6 Å². The van der Waals surface area contributed by atoms with Gasteiger partial charge in [0.1, 0.15) is 11.4 Å². The Labute approximate surface area is 114 Å². The van der Waals surface area contributed by atoms with Crippen LogP contribution in [0.4, 0.5) is 0 Å². The predicted molar refractivity (Wildman–Crippen MR) is 76.2 cm³/mol. The van der Waals surface area contributed by atoms with Crippen molar-refractivity contribution in [3.05, 3.63) is 28.8 Å². The zero-order valence-electron chi connectivity index (χ0n) is 11.2. The van der Waals surface area contributed by atoms with E-state index in [0.29, 0.717) is 0 Å². The van der Waals surface area contributed by atoms with Crippen LogP contribution in [0, 0.1) is 0 Å². The molecule has 0 saturated carbocycles. The van der Waals surface area contributed by atoms with Crippen LogP contribution in [0.15, 0.2) is 18.2 Å². The lowest BCUT2D eigenvalue weighted by atomic mass is 9.85. The molecule has 0 saturated heterocycles. The molecule has 0 radical (unpaired) electrons. The predicted octanol–water partition coefficient (Wildman–Crippen LogP) is 4.46. The van der Waals surface area contributed by atoms with Gasteiger partial charge in [-0.1, -0.05) is 31.4 Å². The molecule has 1 aromatic carbocycles. The molecule has 2 atom stereocenters. The lowest BCUT2D eigenvalue weighted by Gasteiger charge is -2.39. The van der Waals surface area contributed by atoms with Crippen LogP contribution in [-0.4, -0.2) is 5.60 Å². The largest absolute Gasteiger partial charge is 0.487 e. The van der Waals surface area contributed by atoms with Gasteiger partial charge in [0.25, 0.3) is 0 Å². The molecule has 0 aromatic heterocycles. The van der Waals surface area contributed by atoms with Gasteiger partial charge in [0.2, 0.25) is 0 Å². The van der Waals surface area contributed by atoms with E-state index >= 15 is 0 Å². The molecule has 0 spiro atoms. The fraction of sp³-hybridized carbons (Fsp3) is 0.600. The maximum Gasteiger partial charge on any atom is 0.125 e. The van der Waals surface area contributed by atoms with Gasteiger partial charge in [0.05, 0.1) is 0 Å². The van der Waals surface area contributed by atoms with Crippen molar-refractivity contribution in [3.63, 3.8) is 0 Å². The van der Waals surface area contributed by atoms with Gasteiger partial charge in [0, 0.05) is 23.0 Å². The van der Waals surface area contributed by atoms with E-state index in [2.05, 4.69) is 13.8 Å². The van der Waals surface area contributed by atoms with Crippen molar-refractivity contribution < 1.29 is 4.74 Å². The smallest absolute Gasteiger partial charge is 0.125 e. The van der Waals surface area contributed by atoms with Gasteiger partial charge in [-0.25, -0.2) is 0 Å². The number of hydrogen-bond acceptors (Lipinski definition) is 2. The van der Waals surface area contributed by atoms with Gasteiger partial charge >= 0.3 is 0 Å². The third-order valence-electron chi connectivity index (χ3n) is 3.69. The lowest BCUT2D eigenvalue weighted by Crippen LogP contribution is -2.40. The normalized spacial score (nSPS) is 26.6. The van der Waals surface area contributed by atoms with Gasteiger partial charge in [0.15, 0.2) is 0 Å². The molecule has 100 valence electrons. The highest BCUT2D eigenvalue weighted by Gasteiger charge is 2.35. The molecule has 2 rings (SSSR count). The third-order valence-corrected chi connectivity index (χ3v) is 3.92. The quantitative estimate of drug-likeness (QED) is 0.818. The molecule has 0 bridgehead atoms. The van der Waals surface area contributed by atoms with Crippen LogP contribution in [0.5, 0.6) is 5.75 Å². The number of fused-ring (bicyclic) bond motifs is 1. The van der Waals surface area contributed by atoms with Crippen molar-refractivity contribution in [3.8, 4) is 5.75 Å². The molecule has 0 aliphatic carbocycles. The van der Waals surface area contributed by atoms with Crippen LogP contribution in [0.2, 0.25) is 5.02 Å². The molecule has 2 unspecified atom stereocenters. The van der Waals surface area contributed by atoms with Gasteiger partial charge in [-0.05, 0) is 38.0 Å². The molecule has 1 aromatic rings. The Hall–Kier alpha value is -0.730. The molecule has 3 heteroatoms. The summed E-state index contributed by atoms with van der Waals surface area (Å²) in [5, 5.41) is 0.724. The van der Waals surface area contributed by atoms with E-state index in [1.807, 2.05) is 18.2 Å². The number of hydrogen-bond donors (Lipinski definition) is 1. The van der Waals surface area contributed by atoms with Crippen LogP contribution in [0.1, 0.15) is 57.6 Å². The first-order valence-electron chi connectivity index (χ1n) is 6.78. The van der Waals surface area contributed by atoms with E-state index in [4.69, 9.17) is 22.1 Å². The Morgan fingerprint density at radius 3 is 2.94 bits per heavy atom. The maximum absolute atomic E-state index is 6.26. The maximum atomic E-state index is 6.26. The zero-order valence-corrected chi connectivity index (χ0v) is 12.0. The van der Waals surface area contributed by atoms with Gasteiger partial charge < -0.3 is 10.5 Å². The fourth-order valence-electron chi connectivity index (χ4n) is 2.69. The average molecular weight is 268 g/mol. The Morgan fingerprint density at radius 2 is 2.22 bits per heavy atom. The molecule has 0 fully saturated rings. The summed E-state index contributed by atoms with van der Waals surface area (Å²) < 4.78 is 6.15. The van der Waals surface area contributed by atoms with Gasteiger partial charge in [-0.2, -0.15) is 0 Å². The molecule has 1 aliphatic rings. The van der Waals surface area contributed by atoms with E-state index < -0.39 is 0 Å². The summed E-state index contributed by atoms with van der Waals surface area (Å²) in [5.41, 5.74) is 7.16. The summed E-state index contributed by atoms with van der Waals surface area (Å²) in [6.45, 7) is 4.38. The first-order chi connectivity index (χ1) is 8.54. The summed E-state index contributed by atoms with van der Waals surface area (Å²) in [6.07, 6.45) is 5.61.